The van der Waals surface area contributed by atoms with Crippen LogP contribution in [0.4, 0.5) is 8.78 Å². The minimum Gasteiger partial charge on any atom is -0.434 e. The van der Waals surface area contributed by atoms with Crippen molar-refractivity contribution in [1.82, 2.24) is 4.90 Å². The largest absolute Gasteiger partial charge is 0.434 e. The third kappa shape index (κ3) is 4.80. The molecule has 0 aliphatic carbocycles. The average Bonchev–Trinajstić information content (AvgIpc) is 2.86. The molecule has 1 unspecified atom stereocenters. The lowest BCUT2D eigenvalue weighted by Crippen LogP contribution is -2.29. The fraction of sp³-hybridized carbons (Fsp3) is 0.600. The molecule has 0 aromatic heterocycles. The summed E-state index contributed by atoms with van der Waals surface area (Å²) in [7, 11) is 0. The van der Waals surface area contributed by atoms with E-state index in [9.17, 15) is 8.78 Å². The third-order valence-electron chi connectivity index (χ3n) is 3.81. The van der Waals surface area contributed by atoms with Crippen LogP contribution in [-0.4, -0.2) is 35.8 Å². The quantitative estimate of drug-likeness (QED) is 0.832. The van der Waals surface area contributed by atoms with Crippen LogP contribution in [0.25, 0.3) is 0 Å². The van der Waals surface area contributed by atoms with Gasteiger partial charge in [-0.15, -0.1) is 0 Å². The molecule has 1 atom stereocenters. The second kappa shape index (κ2) is 7.92. The van der Waals surface area contributed by atoms with Gasteiger partial charge in [-0.25, -0.2) is 0 Å². The fourth-order valence-electron chi connectivity index (χ4n) is 2.86. The van der Waals surface area contributed by atoms with Crippen molar-refractivity contribution in [3.63, 3.8) is 0 Å². The van der Waals surface area contributed by atoms with E-state index in [0.717, 1.165) is 32.2 Å². The first kappa shape index (κ1) is 16.5. The summed E-state index contributed by atoms with van der Waals surface area (Å²) in [5.74, 6) is 0.183. The van der Waals surface area contributed by atoms with Crippen molar-refractivity contribution in [2.24, 2.45) is 0 Å². The molecule has 1 saturated heterocycles. The molecule has 1 aromatic carbocycles. The summed E-state index contributed by atoms with van der Waals surface area (Å²) in [5.41, 5.74) is 0.679. The number of hydrogen-bond donors (Lipinski definition) is 1. The van der Waals surface area contributed by atoms with Crippen LogP contribution in [0.15, 0.2) is 18.2 Å². The molecule has 0 amide bonds. The lowest BCUT2D eigenvalue weighted by molar-refractivity contribution is -0.0508. The smallest absolute Gasteiger partial charge is 0.387 e. The van der Waals surface area contributed by atoms with Crippen molar-refractivity contribution >= 4 is 11.6 Å². The molecular formula is C15H20ClF2NO2. The van der Waals surface area contributed by atoms with Crippen molar-refractivity contribution in [2.75, 3.05) is 13.2 Å². The molecule has 1 heterocycles. The molecule has 1 aliphatic rings. The van der Waals surface area contributed by atoms with Gasteiger partial charge in [-0.2, -0.15) is 8.78 Å². The zero-order valence-corrected chi connectivity index (χ0v) is 12.5. The summed E-state index contributed by atoms with van der Waals surface area (Å²) < 4.78 is 29.5. The van der Waals surface area contributed by atoms with Gasteiger partial charge in [0.05, 0.1) is 0 Å². The minimum absolute atomic E-state index is 0.182. The molecule has 1 aromatic rings. The Kier molecular flexibility index (Phi) is 6.21. The van der Waals surface area contributed by atoms with Crippen LogP contribution in [0.1, 0.15) is 31.2 Å². The maximum atomic E-state index is 12.5. The van der Waals surface area contributed by atoms with Gasteiger partial charge in [0.1, 0.15) is 5.75 Å². The molecule has 0 spiro atoms. The van der Waals surface area contributed by atoms with Crippen LogP contribution in [0.2, 0.25) is 5.02 Å². The van der Waals surface area contributed by atoms with Crippen molar-refractivity contribution in [3.8, 4) is 5.75 Å². The van der Waals surface area contributed by atoms with Gasteiger partial charge in [0.25, 0.3) is 0 Å². The molecule has 3 nitrogen and oxygen atoms in total. The van der Waals surface area contributed by atoms with Gasteiger partial charge in [-0.05, 0) is 50.4 Å². The Morgan fingerprint density at radius 2 is 2.24 bits per heavy atom. The standard InChI is InChI=1S/C15H20ClF2NO2/c16-12-5-6-14(21-15(17)18)11(9-12)10-19-7-1-3-13(19)4-2-8-20/h5-6,9,13,15,20H,1-4,7-8,10H2. The summed E-state index contributed by atoms with van der Waals surface area (Å²) >= 11 is 5.96. The predicted molar refractivity (Wildman–Crippen MR) is 77.8 cm³/mol. The summed E-state index contributed by atoms with van der Waals surface area (Å²) in [6, 6.07) is 5.11. The highest BCUT2D eigenvalue weighted by atomic mass is 35.5. The predicted octanol–water partition coefficient (Wildman–Crippen LogP) is 3.68. The van der Waals surface area contributed by atoms with Gasteiger partial charge in [-0.3, -0.25) is 4.90 Å². The normalized spacial score (nSPS) is 19.4. The van der Waals surface area contributed by atoms with E-state index in [1.165, 1.54) is 6.07 Å². The van der Waals surface area contributed by atoms with Gasteiger partial charge in [0, 0.05) is 29.8 Å². The third-order valence-corrected chi connectivity index (χ3v) is 4.04. The van der Waals surface area contributed by atoms with Crippen LogP contribution in [0.3, 0.4) is 0 Å². The molecule has 6 heteroatoms. The first-order valence-electron chi connectivity index (χ1n) is 7.18. The van der Waals surface area contributed by atoms with Gasteiger partial charge in [0.15, 0.2) is 0 Å². The second-order valence-electron chi connectivity index (χ2n) is 5.26. The average molecular weight is 320 g/mol. The molecular weight excluding hydrogens is 300 g/mol. The highest BCUT2D eigenvalue weighted by Gasteiger charge is 2.25. The summed E-state index contributed by atoms with van der Waals surface area (Å²) in [6.07, 6.45) is 3.84. The number of aliphatic hydroxyl groups is 1. The van der Waals surface area contributed by atoms with E-state index in [1.54, 1.807) is 12.1 Å². The minimum atomic E-state index is -2.84. The molecule has 1 aliphatic heterocycles. The van der Waals surface area contributed by atoms with Crippen molar-refractivity contribution < 1.29 is 18.6 Å². The van der Waals surface area contributed by atoms with Crippen LogP contribution in [0.5, 0.6) is 5.75 Å². The van der Waals surface area contributed by atoms with E-state index in [2.05, 4.69) is 9.64 Å². The lowest BCUT2D eigenvalue weighted by atomic mass is 10.1. The van der Waals surface area contributed by atoms with Gasteiger partial charge in [0.2, 0.25) is 0 Å². The van der Waals surface area contributed by atoms with Gasteiger partial charge >= 0.3 is 6.61 Å². The molecule has 2 rings (SSSR count). The molecule has 118 valence electrons. The fourth-order valence-corrected chi connectivity index (χ4v) is 3.05. The number of halogens is 3. The maximum absolute atomic E-state index is 12.5. The summed E-state index contributed by atoms with van der Waals surface area (Å²) in [5, 5.41) is 9.45. The van der Waals surface area contributed by atoms with Crippen LogP contribution in [0, 0.1) is 0 Å². The Morgan fingerprint density at radius 1 is 1.43 bits per heavy atom. The zero-order chi connectivity index (χ0) is 15.2. The molecule has 0 radical (unpaired) electrons. The number of nitrogens with zero attached hydrogens (tertiary/aromatic N) is 1. The number of rotatable bonds is 7. The molecule has 0 bridgehead atoms. The highest BCUT2D eigenvalue weighted by molar-refractivity contribution is 6.30. The molecule has 1 fully saturated rings. The molecule has 1 N–H and O–H groups in total. The zero-order valence-electron chi connectivity index (χ0n) is 11.8. The SMILES string of the molecule is OCCCC1CCCN1Cc1cc(Cl)ccc1OC(F)F. The number of hydrogen-bond acceptors (Lipinski definition) is 3. The van der Waals surface area contributed by atoms with E-state index in [4.69, 9.17) is 16.7 Å². The Labute approximate surface area is 128 Å². The Morgan fingerprint density at radius 3 is 2.95 bits per heavy atom. The van der Waals surface area contributed by atoms with Gasteiger partial charge < -0.3 is 9.84 Å². The lowest BCUT2D eigenvalue weighted by Gasteiger charge is -2.25. The van der Waals surface area contributed by atoms with Crippen LogP contribution >= 0.6 is 11.6 Å². The van der Waals surface area contributed by atoms with Crippen LogP contribution < -0.4 is 4.74 Å². The van der Waals surface area contributed by atoms with E-state index >= 15 is 0 Å². The Bertz CT molecular complexity index is 459. The Balaban J connectivity index is 2.08. The second-order valence-corrected chi connectivity index (χ2v) is 5.70. The van der Waals surface area contributed by atoms with E-state index in [0.29, 0.717) is 23.2 Å². The van der Waals surface area contributed by atoms with Crippen molar-refractivity contribution in [2.45, 2.75) is 44.9 Å². The topological polar surface area (TPSA) is 32.7 Å². The van der Waals surface area contributed by atoms with Crippen molar-refractivity contribution in [1.29, 1.82) is 0 Å². The Hall–Kier alpha value is -0.910. The van der Waals surface area contributed by atoms with E-state index in [-0.39, 0.29) is 12.4 Å². The molecule has 0 saturated carbocycles. The summed E-state index contributed by atoms with van der Waals surface area (Å²) in [4.78, 5) is 2.25. The molecule has 21 heavy (non-hydrogen) atoms. The number of benzene rings is 1. The van der Waals surface area contributed by atoms with E-state index in [1.807, 2.05) is 0 Å². The number of ether oxygens (including phenoxy) is 1. The first-order valence-corrected chi connectivity index (χ1v) is 7.56. The summed E-state index contributed by atoms with van der Waals surface area (Å²) in [6.45, 7) is -1.19. The maximum Gasteiger partial charge on any atom is 0.387 e. The van der Waals surface area contributed by atoms with E-state index < -0.39 is 6.61 Å². The highest BCUT2D eigenvalue weighted by Crippen LogP contribution is 2.29. The van der Waals surface area contributed by atoms with Crippen molar-refractivity contribution in [3.05, 3.63) is 28.8 Å². The first-order chi connectivity index (χ1) is 10.1. The number of aliphatic hydroxyl groups excluding tert-OH is 1. The monoisotopic (exact) mass is 319 g/mol. The number of likely N-dealkylation sites (tertiary alicyclic amines) is 1. The van der Waals surface area contributed by atoms with Gasteiger partial charge in [-0.1, -0.05) is 11.6 Å². The van der Waals surface area contributed by atoms with Crippen LogP contribution in [-0.2, 0) is 6.54 Å². The number of alkyl halides is 2.